The summed E-state index contributed by atoms with van der Waals surface area (Å²) < 4.78 is 0. The predicted octanol–water partition coefficient (Wildman–Crippen LogP) is -8.82. The molecule has 0 fully saturated rings. The normalized spacial score (nSPS) is 5.00. The Bertz CT molecular complexity index is 87.3. The van der Waals surface area contributed by atoms with Gasteiger partial charge in [-0.25, -0.2) is 0 Å². The fourth-order valence-corrected chi connectivity index (χ4v) is 0. The maximum atomic E-state index is 8.93. The average molecular weight is 224 g/mol. The Balaban J connectivity index is -0.0000000412. The molecule has 0 atom stereocenters. The Morgan fingerprint density at radius 2 is 1.10 bits per heavy atom. The molecule has 0 aliphatic carbocycles. The first-order chi connectivity index (χ1) is 3.64. The number of aliphatic carboxylic acids is 2. The van der Waals surface area contributed by atoms with Crippen LogP contribution in [0.15, 0.2) is 0 Å². The van der Waals surface area contributed by atoms with Crippen molar-refractivity contribution in [1.29, 1.82) is 0 Å². The molecular weight excluding hydrogens is 224 g/mol. The Kier molecular flexibility index (Phi) is 38.5. The van der Waals surface area contributed by atoms with Crippen molar-refractivity contribution in [3.8, 4) is 0 Å². The van der Waals surface area contributed by atoms with Gasteiger partial charge in [0.05, 0.1) is 11.9 Å². The van der Waals surface area contributed by atoms with Crippen LogP contribution in [0.2, 0.25) is 0 Å². The molecule has 48 valence electrons. The Morgan fingerprint density at radius 1 is 1.00 bits per heavy atom. The van der Waals surface area contributed by atoms with E-state index in [4.69, 9.17) is 19.8 Å². The molecule has 0 N–H and O–H groups in total. The summed E-state index contributed by atoms with van der Waals surface area (Å²) in [7, 11) is 4.45. The molecule has 0 aromatic carbocycles. The van der Waals surface area contributed by atoms with Gasteiger partial charge in [0.15, 0.2) is 0 Å². The van der Waals surface area contributed by atoms with Crippen LogP contribution in [0.3, 0.4) is 0 Å². The van der Waals surface area contributed by atoms with Crippen molar-refractivity contribution in [3.05, 3.63) is 0 Å². The van der Waals surface area contributed by atoms with Gasteiger partial charge in [0.2, 0.25) is 0 Å². The summed E-state index contributed by atoms with van der Waals surface area (Å²) >= 11 is 2.41. The fraction of sp³-hybridized carbons (Fsp3) is 0. The largest absolute Gasteiger partial charge is 1.00 e. The molecular formula is C2ClMnNa2O4. The SMILES string of the molecule is O=C([O-])C(=O)[O-].[Cl][Mn].[Na+].[Na+]. The molecule has 0 aliphatic heterocycles. The molecule has 10 heavy (non-hydrogen) atoms. The van der Waals surface area contributed by atoms with Crippen LogP contribution in [0.4, 0.5) is 0 Å². The molecule has 0 spiro atoms. The number of carboxylic acid groups (broad SMARTS) is 2. The van der Waals surface area contributed by atoms with E-state index in [0.717, 1.165) is 0 Å². The van der Waals surface area contributed by atoms with Crippen molar-refractivity contribution in [2.24, 2.45) is 0 Å². The number of carbonyl (C=O) groups is 2. The molecule has 4 nitrogen and oxygen atoms in total. The third-order valence-electron chi connectivity index (χ3n) is 0.167. The topological polar surface area (TPSA) is 80.3 Å². The number of hydrogen-bond acceptors (Lipinski definition) is 4. The maximum absolute atomic E-state index is 8.93. The zero-order valence-corrected chi connectivity index (χ0v) is 11.3. The fourth-order valence-electron chi connectivity index (χ4n) is 0. The molecule has 0 unspecified atom stereocenters. The third kappa shape index (κ3) is 22.6. The molecule has 0 saturated carbocycles. The Morgan fingerprint density at radius 3 is 1.10 bits per heavy atom. The second kappa shape index (κ2) is 17.0. The second-order valence-electron chi connectivity index (χ2n) is 0.575. The number of rotatable bonds is 0. The van der Waals surface area contributed by atoms with Gasteiger partial charge in [-0.3, -0.25) is 0 Å². The first-order valence-electron chi connectivity index (χ1n) is 1.21. The van der Waals surface area contributed by atoms with E-state index in [0.29, 0.717) is 0 Å². The number of halogens is 1. The van der Waals surface area contributed by atoms with Gasteiger partial charge in [-0.05, 0) is 0 Å². The van der Waals surface area contributed by atoms with Crippen molar-refractivity contribution < 1.29 is 94.0 Å². The second-order valence-corrected chi connectivity index (χ2v) is 0.575. The van der Waals surface area contributed by atoms with Gasteiger partial charge >= 0.3 is 84.3 Å². The number of carbonyl (C=O) groups excluding carboxylic acids is 2. The summed E-state index contributed by atoms with van der Waals surface area (Å²) in [6.45, 7) is 0. The van der Waals surface area contributed by atoms with Gasteiger partial charge in [-0.1, -0.05) is 0 Å². The van der Waals surface area contributed by atoms with E-state index in [1.807, 2.05) is 0 Å². The smallest absolute Gasteiger partial charge is 1.00 e. The van der Waals surface area contributed by atoms with Crippen LogP contribution in [0.5, 0.6) is 0 Å². The van der Waals surface area contributed by atoms with Gasteiger partial charge in [-0.2, -0.15) is 0 Å². The Hall–Kier alpha value is 1.75. The minimum absolute atomic E-state index is 0. The molecule has 0 aliphatic rings. The van der Waals surface area contributed by atoms with Crippen LogP contribution in [0, 0.1) is 0 Å². The van der Waals surface area contributed by atoms with Gasteiger partial charge in [-0.15, -0.1) is 0 Å². The van der Waals surface area contributed by atoms with Crippen LogP contribution in [-0.4, -0.2) is 11.9 Å². The quantitative estimate of drug-likeness (QED) is 0.302. The summed E-state index contributed by atoms with van der Waals surface area (Å²) in [6, 6.07) is 0. The minimum Gasteiger partial charge on any atom is 1.00 e. The molecule has 0 radical (unpaired) electrons. The minimum atomic E-state index is -2.19. The summed E-state index contributed by atoms with van der Waals surface area (Å²) in [4.78, 5) is 17.9. The molecule has 0 rings (SSSR count). The number of hydrogen-bond donors (Lipinski definition) is 0. The number of carboxylic acids is 2. The summed E-state index contributed by atoms with van der Waals surface area (Å²) in [5.41, 5.74) is 0. The molecule has 8 heteroatoms. The zero-order chi connectivity index (χ0) is 7.15. The van der Waals surface area contributed by atoms with E-state index in [-0.39, 0.29) is 59.1 Å². The van der Waals surface area contributed by atoms with Crippen LogP contribution in [0.1, 0.15) is 0 Å². The van der Waals surface area contributed by atoms with Crippen LogP contribution in [-0.2, 0) is 24.7 Å². The van der Waals surface area contributed by atoms with Crippen LogP contribution >= 0.6 is 10.1 Å². The molecule has 0 heterocycles. The molecule has 0 saturated heterocycles. The van der Waals surface area contributed by atoms with Crippen LogP contribution in [0.25, 0.3) is 0 Å². The van der Waals surface area contributed by atoms with E-state index in [2.05, 4.69) is 25.2 Å². The molecule has 0 aromatic rings. The standard InChI is InChI=1S/C2H2O4.ClH.Mn.2Na/c3-1(4)2(5)6;;;;/h(H,3,4)(H,5,6);1H;;;/q;;3*+1/p-3. The van der Waals surface area contributed by atoms with Crippen molar-refractivity contribution >= 4 is 22.0 Å². The molecule has 0 amide bonds. The predicted molar refractivity (Wildman–Crippen MR) is 15.9 cm³/mol. The van der Waals surface area contributed by atoms with Crippen LogP contribution < -0.4 is 69.3 Å². The summed E-state index contributed by atoms with van der Waals surface area (Å²) in [5.74, 6) is -4.37. The van der Waals surface area contributed by atoms with E-state index < -0.39 is 11.9 Å². The molecule has 0 aromatic heterocycles. The van der Waals surface area contributed by atoms with Gasteiger partial charge in [0.1, 0.15) is 0 Å². The van der Waals surface area contributed by atoms with Crippen molar-refractivity contribution in [2.45, 2.75) is 0 Å². The monoisotopic (exact) mass is 224 g/mol. The third-order valence-corrected chi connectivity index (χ3v) is 0.167. The first-order valence-corrected chi connectivity index (χ1v) is 2.83. The average Bonchev–Trinajstić information content (AvgIpc) is 1.72. The maximum Gasteiger partial charge on any atom is 1.00 e. The van der Waals surface area contributed by atoms with E-state index in [1.54, 1.807) is 0 Å². The first kappa shape index (κ1) is 22.6. The van der Waals surface area contributed by atoms with E-state index in [9.17, 15) is 0 Å². The summed E-state index contributed by atoms with van der Waals surface area (Å²) in [5, 5.41) is 17.9. The Labute approximate surface area is 114 Å². The van der Waals surface area contributed by atoms with Gasteiger partial charge < -0.3 is 19.8 Å². The van der Waals surface area contributed by atoms with E-state index in [1.165, 1.54) is 0 Å². The van der Waals surface area contributed by atoms with Gasteiger partial charge in [0.25, 0.3) is 0 Å². The van der Waals surface area contributed by atoms with Crippen molar-refractivity contribution in [3.63, 3.8) is 0 Å². The molecule has 0 bridgehead atoms. The van der Waals surface area contributed by atoms with Crippen molar-refractivity contribution in [2.75, 3.05) is 0 Å². The zero-order valence-electron chi connectivity index (χ0n) is 5.39. The summed E-state index contributed by atoms with van der Waals surface area (Å²) in [6.07, 6.45) is 0. The van der Waals surface area contributed by atoms with Crippen molar-refractivity contribution in [1.82, 2.24) is 0 Å². The van der Waals surface area contributed by atoms with E-state index >= 15 is 0 Å². The van der Waals surface area contributed by atoms with Gasteiger partial charge in [0, 0.05) is 0 Å².